The Morgan fingerprint density at radius 3 is 3.06 bits per heavy atom. The molecule has 1 aromatic carbocycles. The van der Waals surface area contributed by atoms with Crippen molar-refractivity contribution in [3.05, 3.63) is 23.8 Å². The third-order valence-corrected chi connectivity index (χ3v) is 4.41. The molecular weight excluding hydrogens is 216 g/mol. The number of anilines is 1. The molecule has 1 fully saturated rings. The summed E-state index contributed by atoms with van der Waals surface area (Å²) in [4.78, 5) is 1.34. The van der Waals surface area contributed by atoms with Crippen LogP contribution >= 0.6 is 11.8 Å². The van der Waals surface area contributed by atoms with Crippen LogP contribution in [0.5, 0.6) is 0 Å². The Morgan fingerprint density at radius 2 is 2.31 bits per heavy atom. The minimum atomic E-state index is -0.0268. The van der Waals surface area contributed by atoms with Gasteiger partial charge in [-0.3, -0.25) is 0 Å². The first-order valence-corrected chi connectivity index (χ1v) is 6.71. The van der Waals surface area contributed by atoms with Crippen molar-refractivity contribution in [3.63, 3.8) is 0 Å². The maximum absolute atomic E-state index is 9.09. The third kappa shape index (κ3) is 1.78. The summed E-state index contributed by atoms with van der Waals surface area (Å²) >= 11 is 1.91. The van der Waals surface area contributed by atoms with Crippen molar-refractivity contribution in [2.45, 2.75) is 24.2 Å². The van der Waals surface area contributed by atoms with Crippen LogP contribution in [0.4, 0.5) is 5.69 Å². The van der Waals surface area contributed by atoms with Crippen LogP contribution in [-0.4, -0.2) is 12.3 Å². The van der Waals surface area contributed by atoms with E-state index in [1.54, 1.807) is 0 Å². The first-order valence-electron chi connectivity index (χ1n) is 5.72. The molecule has 2 aliphatic rings. The Morgan fingerprint density at radius 1 is 1.44 bits per heavy atom. The molecule has 1 aliphatic heterocycles. The van der Waals surface area contributed by atoms with Crippen molar-refractivity contribution < 1.29 is 0 Å². The monoisotopic (exact) mass is 230 g/mol. The van der Waals surface area contributed by atoms with E-state index >= 15 is 0 Å². The second kappa shape index (κ2) is 3.71. The highest BCUT2D eigenvalue weighted by Crippen LogP contribution is 2.48. The van der Waals surface area contributed by atoms with Crippen LogP contribution in [0.2, 0.25) is 0 Å². The molecule has 2 nitrogen and oxygen atoms in total. The van der Waals surface area contributed by atoms with Crippen LogP contribution in [0, 0.1) is 16.7 Å². The zero-order valence-corrected chi connectivity index (χ0v) is 9.94. The summed E-state index contributed by atoms with van der Waals surface area (Å²) in [5.74, 6) is 1.14. The molecule has 0 bridgehead atoms. The highest BCUT2D eigenvalue weighted by Gasteiger charge is 2.42. The number of hydrogen-bond acceptors (Lipinski definition) is 3. The second-order valence-corrected chi connectivity index (χ2v) is 5.81. The van der Waals surface area contributed by atoms with E-state index in [-0.39, 0.29) is 5.41 Å². The van der Waals surface area contributed by atoms with Gasteiger partial charge in [-0.1, -0.05) is 6.07 Å². The average Bonchev–Trinajstić information content (AvgIpc) is 3.09. The largest absolute Gasteiger partial charge is 0.383 e. The molecule has 1 aromatic rings. The van der Waals surface area contributed by atoms with Crippen LogP contribution in [0.25, 0.3) is 0 Å². The topological polar surface area (TPSA) is 35.8 Å². The molecule has 1 heterocycles. The summed E-state index contributed by atoms with van der Waals surface area (Å²) in [5, 5.41) is 12.5. The van der Waals surface area contributed by atoms with Crippen molar-refractivity contribution in [2.24, 2.45) is 5.41 Å². The summed E-state index contributed by atoms with van der Waals surface area (Å²) < 4.78 is 0. The number of thioether (sulfide) groups is 1. The average molecular weight is 230 g/mol. The van der Waals surface area contributed by atoms with Gasteiger partial charge in [-0.25, -0.2) is 0 Å². The van der Waals surface area contributed by atoms with Gasteiger partial charge in [0.2, 0.25) is 0 Å². The van der Waals surface area contributed by atoms with Crippen LogP contribution in [0.3, 0.4) is 0 Å². The number of nitrogens with zero attached hydrogens (tertiary/aromatic N) is 1. The SMILES string of the molecule is N#CC1(Cc2ccc3c(c2)SCCN3)CC1. The summed E-state index contributed by atoms with van der Waals surface area (Å²) in [6.45, 7) is 1.05. The van der Waals surface area contributed by atoms with Crippen molar-refractivity contribution in [1.82, 2.24) is 0 Å². The van der Waals surface area contributed by atoms with Crippen molar-refractivity contribution in [2.75, 3.05) is 17.6 Å². The Labute approximate surface area is 100 Å². The molecule has 0 spiro atoms. The predicted molar refractivity (Wildman–Crippen MR) is 66.6 cm³/mol. The molecule has 0 unspecified atom stereocenters. The quantitative estimate of drug-likeness (QED) is 0.848. The maximum Gasteiger partial charge on any atom is 0.0693 e. The first-order chi connectivity index (χ1) is 7.81. The summed E-state index contributed by atoms with van der Waals surface area (Å²) in [7, 11) is 0. The number of benzene rings is 1. The number of nitriles is 1. The smallest absolute Gasteiger partial charge is 0.0693 e. The van der Waals surface area contributed by atoms with Crippen LogP contribution in [0.15, 0.2) is 23.1 Å². The van der Waals surface area contributed by atoms with Crippen molar-refractivity contribution in [3.8, 4) is 6.07 Å². The van der Waals surface area contributed by atoms with Gasteiger partial charge in [0.15, 0.2) is 0 Å². The zero-order chi connectivity index (χ0) is 11.0. The van der Waals surface area contributed by atoms with E-state index in [1.165, 1.54) is 16.1 Å². The van der Waals surface area contributed by atoms with Gasteiger partial charge in [0.25, 0.3) is 0 Å². The maximum atomic E-state index is 9.09. The molecule has 1 aliphatic carbocycles. The van der Waals surface area contributed by atoms with E-state index in [4.69, 9.17) is 5.26 Å². The zero-order valence-electron chi connectivity index (χ0n) is 9.12. The van der Waals surface area contributed by atoms with Crippen LogP contribution in [0.1, 0.15) is 18.4 Å². The molecule has 3 rings (SSSR count). The summed E-state index contributed by atoms with van der Waals surface area (Å²) in [5.41, 5.74) is 2.54. The normalized spacial score (nSPS) is 20.4. The Balaban J connectivity index is 1.84. The number of rotatable bonds is 2. The van der Waals surface area contributed by atoms with E-state index in [2.05, 4.69) is 29.6 Å². The van der Waals surface area contributed by atoms with Crippen LogP contribution in [-0.2, 0) is 6.42 Å². The lowest BCUT2D eigenvalue weighted by Gasteiger charge is -2.18. The molecule has 0 amide bonds. The van der Waals surface area contributed by atoms with Gasteiger partial charge in [-0.05, 0) is 37.0 Å². The molecule has 0 radical (unpaired) electrons. The molecule has 1 N–H and O–H groups in total. The number of nitrogens with one attached hydrogen (secondary N) is 1. The fourth-order valence-corrected chi connectivity index (χ4v) is 3.11. The van der Waals surface area contributed by atoms with Gasteiger partial charge >= 0.3 is 0 Å². The molecule has 0 atom stereocenters. The van der Waals surface area contributed by atoms with Crippen LogP contribution < -0.4 is 5.32 Å². The standard InChI is InChI=1S/C13H14N2S/c14-9-13(3-4-13)8-10-1-2-11-12(7-10)16-6-5-15-11/h1-2,7,15H,3-6,8H2. The first kappa shape index (κ1) is 10.0. The van der Waals surface area contributed by atoms with Gasteiger partial charge in [0, 0.05) is 22.9 Å². The van der Waals surface area contributed by atoms with Gasteiger partial charge in [-0.2, -0.15) is 5.26 Å². The van der Waals surface area contributed by atoms with Gasteiger partial charge in [0.05, 0.1) is 11.5 Å². The lowest BCUT2D eigenvalue weighted by molar-refractivity contribution is 0.664. The van der Waals surface area contributed by atoms with E-state index in [9.17, 15) is 0 Å². The number of hydrogen-bond donors (Lipinski definition) is 1. The predicted octanol–water partition coefficient (Wildman–Crippen LogP) is 3.05. The molecule has 16 heavy (non-hydrogen) atoms. The van der Waals surface area contributed by atoms with Gasteiger partial charge < -0.3 is 5.32 Å². The Bertz CT molecular complexity index is 457. The lowest BCUT2D eigenvalue weighted by atomic mass is 9.98. The highest BCUT2D eigenvalue weighted by atomic mass is 32.2. The summed E-state index contributed by atoms with van der Waals surface area (Å²) in [6.07, 6.45) is 3.08. The molecule has 0 aromatic heterocycles. The molecular formula is C13H14N2S. The van der Waals surface area contributed by atoms with E-state index < -0.39 is 0 Å². The lowest BCUT2D eigenvalue weighted by Crippen LogP contribution is -2.10. The van der Waals surface area contributed by atoms with E-state index in [0.29, 0.717) is 0 Å². The molecule has 82 valence electrons. The van der Waals surface area contributed by atoms with Gasteiger partial charge in [-0.15, -0.1) is 11.8 Å². The highest BCUT2D eigenvalue weighted by molar-refractivity contribution is 7.99. The molecule has 0 saturated heterocycles. The minimum absolute atomic E-state index is 0.0268. The Hall–Kier alpha value is -1.14. The van der Waals surface area contributed by atoms with E-state index in [0.717, 1.165) is 31.6 Å². The Kier molecular flexibility index (Phi) is 2.33. The third-order valence-electron chi connectivity index (χ3n) is 3.35. The fraction of sp³-hybridized carbons (Fsp3) is 0.462. The fourth-order valence-electron chi connectivity index (χ4n) is 2.16. The summed E-state index contributed by atoms with van der Waals surface area (Å²) in [6, 6.07) is 9.03. The molecule has 3 heteroatoms. The van der Waals surface area contributed by atoms with Crippen molar-refractivity contribution >= 4 is 17.4 Å². The second-order valence-electron chi connectivity index (χ2n) is 4.67. The van der Waals surface area contributed by atoms with Crippen molar-refractivity contribution in [1.29, 1.82) is 5.26 Å². The minimum Gasteiger partial charge on any atom is -0.383 e. The molecule has 1 saturated carbocycles. The van der Waals surface area contributed by atoms with E-state index in [1.807, 2.05) is 11.8 Å². The van der Waals surface area contributed by atoms with Gasteiger partial charge in [0.1, 0.15) is 0 Å². The number of fused-ring (bicyclic) bond motifs is 1.